The number of hydrogen-bond donors (Lipinski definition) is 0. The fourth-order valence-electron chi connectivity index (χ4n) is 2.57. The van der Waals surface area contributed by atoms with Gasteiger partial charge in [-0.25, -0.2) is 4.79 Å². The first-order valence-electron chi connectivity index (χ1n) is 10.7. The number of rotatable bonds is 16. The van der Waals surface area contributed by atoms with Gasteiger partial charge in [-0.15, -0.1) is 0 Å². The van der Waals surface area contributed by atoms with Gasteiger partial charge in [0.2, 0.25) is 0 Å². The van der Waals surface area contributed by atoms with Crippen LogP contribution in [-0.2, 0) is 9.53 Å². The van der Waals surface area contributed by atoms with Gasteiger partial charge in [-0.2, -0.15) is 0 Å². The van der Waals surface area contributed by atoms with Crippen molar-refractivity contribution in [2.24, 2.45) is 0 Å². The predicted octanol–water partition coefficient (Wildman–Crippen LogP) is 7.64. The van der Waals surface area contributed by atoms with E-state index in [-0.39, 0.29) is 5.97 Å². The number of carbonyl (C=O) groups excluding carboxylic acids is 1. The Morgan fingerprint density at radius 1 is 0.741 bits per heavy atom. The highest BCUT2D eigenvalue weighted by Gasteiger charge is 1.95. The summed E-state index contributed by atoms with van der Waals surface area (Å²) in [6.45, 7) is 6.34. The molecular weight excluding hydrogens is 332 g/mol. The summed E-state index contributed by atoms with van der Waals surface area (Å²) in [6, 6.07) is 0. The zero-order valence-corrected chi connectivity index (χ0v) is 17.8. The molecule has 0 amide bonds. The molecule has 0 aromatic carbocycles. The van der Waals surface area contributed by atoms with Crippen LogP contribution in [0.4, 0.5) is 0 Å². The lowest BCUT2D eigenvalue weighted by Crippen LogP contribution is -1.99. The molecule has 2 nitrogen and oxygen atoms in total. The van der Waals surface area contributed by atoms with Crippen molar-refractivity contribution in [3.05, 3.63) is 60.3 Å². The maximum atomic E-state index is 11.3. The molecule has 0 aliphatic rings. The van der Waals surface area contributed by atoms with Gasteiger partial charge in [0.1, 0.15) is 0 Å². The molecule has 0 rings (SSSR count). The maximum absolute atomic E-state index is 11.3. The Morgan fingerprint density at radius 2 is 1.30 bits per heavy atom. The van der Waals surface area contributed by atoms with Crippen LogP contribution in [0, 0.1) is 0 Å². The Labute approximate surface area is 167 Å². The second kappa shape index (κ2) is 20.5. The van der Waals surface area contributed by atoms with Crippen LogP contribution in [0.15, 0.2) is 60.3 Å². The third-order valence-corrected chi connectivity index (χ3v) is 4.03. The Hall–Kier alpha value is -1.83. The molecule has 0 bridgehead atoms. The third kappa shape index (κ3) is 20.3. The van der Waals surface area contributed by atoms with Crippen LogP contribution in [-0.4, -0.2) is 12.6 Å². The van der Waals surface area contributed by atoms with Gasteiger partial charge < -0.3 is 4.74 Å². The zero-order chi connectivity index (χ0) is 20.0. The zero-order valence-electron chi connectivity index (χ0n) is 17.8. The summed E-state index contributed by atoms with van der Waals surface area (Å²) >= 11 is 0. The average Bonchev–Trinajstić information content (AvgIpc) is 2.64. The Morgan fingerprint density at radius 3 is 1.93 bits per heavy atom. The molecule has 0 atom stereocenters. The molecule has 27 heavy (non-hydrogen) atoms. The van der Waals surface area contributed by atoms with Gasteiger partial charge in [0.05, 0.1) is 6.61 Å². The third-order valence-electron chi connectivity index (χ3n) is 4.03. The lowest BCUT2D eigenvalue weighted by molar-refractivity contribution is -0.137. The van der Waals surface area contributed by atoms with Crippen molar-refractivity contribution in [2.75, 3.05) is 6.61 Å². The van der Waals surface area contributed by atoms with Gasteiger partial charge in [0.15, 0.2) is 0 Å². The van der Waals surface area contributed by atoms with E-state index in [9.17, 15) is 4.79 Å². The van der Waals surface area contributed by atoms with E-state index in [0.717, 1.165) is 31.3 Å². The quantitative estimate of drug-likeness (QED) is 0.0914. The molecule has 2 heteroatoms. The summed E-state index contributed by atoms with van der Waals surface area (Å²) in [5, 5.41) is 0. The van der Waals surface area contributed by atoms with E-state index >= 15 is 0 Å². The van der Waals surface area contributed by atoms with Gasteiger partial charge in [0.25, 0.3) is 0 Å². The summed E-state index contributed by atoms with van der Waals surface area (Å²) in [5.74, 6) is -0.256. The van der Waals surface area contributed by atoms with Gasteiger partial charge in [-0.05, 0) is 64.4 Å². The molecule has 152 valence electrons. The number of ether oxygens (including phenoxy) is 1. The van der Waals surface area contributed by atoms with Gasteiger partial charge in [0, 0.05) is 6.08 Å². The number of esters is 1. The highest BCUT2D eigenvalue weighted by Crippen LogP contribution is 2.09. The minimum atomic E-state index is -0.256. The Bertz CT molecular complexity index is 492. The first kappa shape index (κ1) is 25.2. The smallest absolute Gasteiger partial charge is 0.330 e. The summed E-state index contributed by atoms with van der Waals surface area (Å²) in [6.07, 6.45) is 31.1. The molecule has 0 aromatic rings. The van der Waals surface area contributed by atoms with E-state index in [1.807, 2.05) is 19.9 Å². The van der Waals surface area contributed by atoms with Gasteiger partial charge in [-0.1, -0.05) is 74.8 Å². The van der Waals surface area contributed by atoms with E-state index in [0.29, 0.717) is 6.61 Å². The maximum Gasteiger partial charge on any atom is 0.330 e. The largest absolute Gasteiger partial charge is 0.463 e. The van der Waals surface area contributed by atoms with Crippen molar-refractivity contribution in [1.82, 2.24) is 0 Å². The molecule has 0 spiro atoms. The molecule has 0 aromatic heterocycles. The number of allylic oxidation sites excluding steroid dienone is 9. The number of hydrogen-bond acceptors (Lipinski definition) is 2. The first-order chi connectivity index (χ1) is 13.2. The van der Waals surface area contributed by atoms with E-state index < -0.39 is 0 Å². The number of carbonyl (C=O) groups is 1. The molecule has 0 saturated carbocycles. The van der Waals surface area contributed by atoms with Crippen molar-refractivity contribution in [3.8, 4) is 0 Å². The average molecular weight is 373 g/mol. The predicted molar refractivity (Wildman–Crippen MR) is 119 cm³/mol. The van der Waals surface area contributed by atoms with Crippen LogP contribution < -0.4 is 0 Å². The van der Waals surface area contributed by atoms with Crippen LogP contribution in [0.25, 0.3) is 0 Å². The lowest BCUT2D eigenvalue weighted by atomic mass is 10.1. The van der Waals surface area contributed by atoms with Crippen molar-refractivity contribution in [2.45, 2.75) is 85.0 Å². The first-order valence-corrected chi connectivity index (χ1v) is 10.7. The standard InChI is InChI=1S/C25H40O2/c1-4-6-7-8-9-10-11-12-13-14-15-16-17-18-19-20-21-22-24(3)23-25(26)27-5-2/h6-7,9-10,12-13,21-23H,4-5,8,11,14-20H2,1-3H3. The minimum absolute atomic E-state index is 0.256. The van der Waals surface area contributed by atoms with E-state index in [4.69, 9.17) is 4.74 Å². The summed E-state index contributed by atoms with van der Waals surface area (Å²) in [4.78, 5) is 11.3. The minimum Gasteiger partial charge on any atom is -0.463 e. The second-order valence-electron chi connectivity index (χ2n) is 6.68. The van der Waals surface area contributed by atoms with Crippen molar-refractivity contribution >= 4 is 5.97 Å². The number of unbranched alkanes of at least 4 members (excludes halogenated alkanes) is 6. The van der Waals surface area contributed by atoms with Crippen molar-refractivity contribution < 1.29 is 9.53 Å². The Kier molecular flexibility index (Phi) is 19.1. The van der Waals surface area contributed by atoms with Crippen molar-refractivity contribution in [3.63, 3.8) is 0 Å². The van der Waals surface area contributed by atoms with Crippen LogP contribution >= 0.6 is 0 Å². The summed E-state index contributed by atoms with van der Waals surface area (Å²) in [5.41, 5.74) is 0.951. The topological polar surface area (TPSA) is 26.3 Å². The van der Waals surface area contributed by atoms with E-state index in [1.54, 1.807) is 6.08 Å². The summed E-state index contributed by atoms with van der Waals surface area (Å²) in [7, 11) is 0. The Balaban J connectivity index is 3.49. The molecule has 0 heterocycles. The monoisotopic (exact) mass is 372 g/mol. The van der Waals surface area contributed by atoms with Crippen molar-refractivity contribution in [1.29, 1.82) is 0 Å². The fraction of sp³-hybridized carbons (Fsp3) is 0.560. The summed E-state index contributed by atoms with van der Waals surface area (Å²) < 4.78 is 4.89. The molecule has 0 aliphatic heterocycles. The van der Waals surface area contributed by atoms with E-state index in [1.165, 1.54) is 38.5 Å². The molecule has 0 radical (unpaired) electrons. The fourth-order valence-corrected chi connectivity index (χ4v) is 2.57. The van der Waals surface area contributed by atoms with E-state index in [2.05, 4.69) is 49.5 Å². The molecule has 0 N–H and O–H groups in total. The van der Waals surface area contributed by atoms with Crippen LogP contribution in [0.5, 0.6) is 0 Å². The van der Waals surface area contributed by atoms with Gasteiger partial charge in [-0.3, -0.25) is 0 Å². The molecule has 0 unspecified atom stereocenters. The lowest BCUT2D eigenvalue weighted by Gasteiger charge is -1.99. The molecule has 0 saturated heterocycles. The second-order valence-corrected chi connectivity index (χ2v) is 6.68. The highest BCUT2D eigenvalue weighted by atomic mass is 16.5. The molecule has 0 aliphatic carbocycles. The van der Waals surface area contributed by atoms with Crippen LogP contribution in [0.2, 0.25) is 0 Å². The van der Waals surface area contributed by atoms with Crippen LogP contribution in [0.1, 0.15) is 85.0 Å². The normalized spacial score (nSPS) is 12.9. The molecular formula is C25H40O2. The van der Waals surface area contributed by atoms with Gasteiger partial charge >= 0.3 is 5.97 Å². The SMILES string of the molecule is CCC=CCC=CCC=CCCCCCCCC=CC(C)=CC(=O)OCC. The molecule has 0 fully saturated rings. The van der Waals surface area contributed by atoms with Crippen LogP contribution in [0.3, 0.4) is 0 Å². The highest BCUT2D eigenvalue weighted by molar-refractivity contribution is 5.83.